The molecule has 0 amide bonds. The van der Waals surface area contributed by atoms with Crippen LogP contribution in [0.25, 0.3) is 0 Å². The Balaban J connectivity index is 3.04. The number of carbonyl (C=O) groups excluding carboxylic acids is 1. The lowest BCUT2D eigenvalue weighted by Crippen LogP contribution is -1.97. The molecule has 0 fully saturated rings. The molecule has 1 aromatic heterocycles. The molecule has 0 atom stereocenters. The van der Waals surface area contributed by atoms with Gasteiger partial charge in [-0.15, -0.1) is 22.9 Å². The van der Waals surface area contributed by atoms with Crippen LogP contribution in [0.3, 0.4) is 0 Å². The lowest BCUT2D eigenvalue weighted by atomic mass is 10.3. The lowest BCUT2D eigenvalue weighted by molar-refractivity contribution is 0.102. The van der Waals surface area contributed by atoms with Crippen LogP contribution in [-0.2, 0) is 0 Å². The molecule has 1 heterocycles. The number of halogens is 2. The predicted octanol–water partition coefficient (Wildman–Crippen LogP) is 3.13. The number of hydrogen-bond donors (Lipinski definition) is 0. The molecular weight excluding hydrogens is 203 g/mol. The highest BCUT2D eigenvalue weighted by molar-refractivity contribution is 7.13. The Bertz CT molecular complexity index is 280. The van der Waals surface area contributed by atoms with Gasteiger partial charge in [-0.1, -0.05) is 11.6 Å². The van der Waals surface area contributed by atoms with E-state index in [1.165, 1.54) is 11.3 Å². The standard InChI is InChI=1S/C7H6Cl2OS/c1-4-3-11-7(6(4)9)5(10)2-8/h3H,2H2,1H3. The number of aryl methyl sites for hydroxylation is 1. The van der Waals surface area contributed by atoms with Gasteiger partial charge >= 0.3 is 0 Å². The number of alkyl halides is 1. The fourth-order valence-electron chi connectivity index (χ4n) is 0.679. The van der Waals surface area contributed by atoms with Gasteiger partial charge in [0.25, 0.3) is 0 Å². The van der Waals surface area contributed by atoms with Crippen LogP contribution < -0.4 is 0 Å². The largest absolute Gasteiger partial charge is 0.292 e. The van der Waals surface area contributed by atoms with Crippen molar-refractivity contribution in [1.29, 1.82) is 0 Å². The molecule has 0 aliphatic heterocycles. The summed E-state index contributed by atoms with van der Waals surface area (Å²) < 4.78 is 0. The van der Waals surface area contributed by atoms with Gasteiger partial charge in [-0.2, -0.15) is 0 Å². The summed E-state index contributed by atoms with van der Waals surface area (Å²) >= 11 is 12.5. The van der Waals surface area contributed by atoms with E-state index in [-0.39, 0.29) is 11.7 Å². The normalized spacial score (nSPS) is 10.1. The van der Waals surface area contributed by atoms with Crippen molar-refractivity contribution in [3.8, 4) is 0 Å². The molecule has 60 valence electrons. The molecule has 0 aromatic carbocycles. The van der Waals surface area contributed by atoms with Crippen LogP contribution in [0.2, 0.25) is 5.02 Å². The van der Waals surface area contributed by atoms with E-state index in [2.05, 4.69) is 0 Å². The molecule has 0 unspecified atom stereocenters. The summed E-state index contributed by atoms with van der Waals surface area (Å²) in [6.07, 6.45) is 0. The summed E-state index contributed by atoms with van der Waals surface area (Å²) in [6.45, 7) is 1.86. The number of ketones is 1. The van der Waals surface area contributed by atoms with E-state index in [1.54, 1.807) is 0 Å². The van der Waals surface area contributed by atoms with Crippen molar-refractivity contribution < 1.29 is 4.79 Å². The SMILES string of the molecule is Cc1csc(C(=O)CCl)c1Cl. The predicted molar refractivity (Wildman–Crippen MR) is 49.1 cm³/mol. The number of carbonyl (C=O) groups is 1. The molecule has 0 saturated heterocycles. The third-order valence-corrected chi connectivity index (χ3v) is 3.25. The Hall–Kier alpha value is -0.0500. The minimum absolute atomic E-state index is 0.000324. The van der Waals surface area contributed by atoms with Gasteiger partial charge in [0, 0.05) is 0 Å². The highest BCUT2D eigenvalue weighted by Crippen LogP contribution is 2.27. The van der Waals surface area contributed by atoms with E-state index in [1.807, 2.05) is 12.3 Å². The summed E-state index contributed by atoms with van der Waals surface area (Å²) in [6, 6.07) is 0. The molecule has 11 heavy (non-hydrogen) atoms. The Morgan fingerprint density at radius 2 is 2.36 bits per heavy atom. The third-order valence-electron chi connectivity index (χ3n) is 1.27. The van der Waals surface area contributed by atoms with Crippen molar-refractivity contribution in [2.75, 3.05) is 5.88 Å². The van der Waals surface area contributed by atoms with Crippen LogP contribution in [0, 0.1) is 6.92 Å². The second-order valence-corrected chi connectivity index (χ2v) is 3.64. The minimum Gasteiger partial charge on any atom is -0.292 e. The fraction of sp³-hybridized carbons (Fsp3) is 0.286. The van der Waals surface area contributed by atoms with E-state index in [0.717, 1.165) is 5.56 Å². The zero-order valence-corrected chi connectivity index (χ0v) is 8.19. The summed E-state index contributed by atoms with van der Waals surface area (Å²) in [5, 5.41) is 2.39. The van der Waals surface area contributed by atoms with Crippen LogP contribution in [0.15, 0.2) is 5.38 Å². The van der Waals surface area contributed by atoms with Gasteiger partial charge in [-0.3, -0.25) is 4.79 Å². The van der Waals surface area contributed by atoms with Crippen LogP contribution in [0.4, 0.5) is 0 Å². The average molecular weight is 209 g/mol. The zero-order chi connectivity index (χ0) is 8.43. The first-order valence-electron chi connectivity index (χ1n) is 2.99. The summed E-state index contributed by atoms with van der Waals surface area (Å²) in [7, 11) is 0. The fourth-order valence-corrected chi connectivity index (χ4v) is 2.13. The van der Waals surface area contributed by atoms with E-state index < -0.39 is 0 Å². The highest BCUT2D eigenvalue weighted by Gasteiger charge is 2.12. The van der Waals surface area contributed by atoms with Crippen molar-refractivity contribution in [2.24, 2.45) is 0 Å². The van der Waals surface area contributed by atoms with Gasteiger partial charge in [0.2, 0.25) is 0 Å². The van der Waals surface area contributed by atoms with E-state index in [4.69, 9.17) is 23.2 Å². The van der Waals surface area contributed by atoms with Crippen LogP contribution in [0.5, 0.6) is 0 Å². The maximum Gasteiger partial charge on any atom is 0.189 e. The molecule has 0 N–H and O–H groups in total. The molecule has 0 bridgehead atoms. The molecule has 0 spiro atoms. The second-order valence-electron chi connectivity index (χ2n) is 2.12. The number of Topliss-reactive ketones (excluding diaryl/α,β-unsaturated/α-hetero) is 1. The molecule has 1 nitrogen and oxygen atoms in total. The van der Waals surface area contributed by atoms with Gasteiger partial charge in [0.1, 0.15) is 0 Å². The topological polar surface area (TPSA) is 17.1 Å². The first-order chi connectivity index (χ1) is 5.16. The Kier molecular flexibility index (Phi) is 2.93. The first-order valence-corrected chi connectivity index (χ1v) is 4.78. The summed E-state index contributed by atoms with van der Waals surface area (Å²) in [5.41, 5.74) is 0.935. The molecule has 0 radical (unpaired) electrons. The van der Waals surface area contributed by atoms with Gasteiger partial charge < -0.3 is 0 Å². The van der Waals surface area contributed by atoms with Crippen molar-refractivity contribution in [3.05, 3.63) is 20.8 Å². The van der Waals surface area contributed by atoms with Gasteiger partial charge in [-0.05, 0) is 17.9 Å². The van der Waals surface area contributed by atoms with E-state index in [9.17, 15) is 4.79 Å². The smallest absolute Gasteiger partial charge is 0.189 e. The summed E-state index contributed by atoms with van der Waals surface area (Å²) in [5.74, 6) is -0.102. The molecule has 0 aliphatic rings. The van der Waals surface area contributed by atoms with E-state index in [0.29, 0.717) is 9.90 Å². The molecular formula is C7H6Cl2OS. The highest BCUT2D eigenvalue weighted by atomic mass is 35.5. The Labute approximate surface area is 78.9 Å². The zero-order valence-electron chi connectivity index (χ0n) is 5.86. The molecule has 1 aromatic rings. The van der Waals surface area contributed by atoms with Crippen LogP contribution >= 0.6 is 34.5 Å². The van der Waals surface area contributed by atoms with Gasteiger partial charge in [0.05, 0.1) is 15.8 Å². The average Bonchev–Trinajstić information content (AvgIpc) is 2.32. The van der Waals surface area contributed by atoms with Crippen molar-refractivity contribution in [3.63, 3.8) is 0 Å². The van der Waals surface area contributed by atoms with Gasteiger partial charge in [0.15, 0.2) is 5.78 Å². The first kappa shape index (κ1) is 9.04. The number of hydrogen-bond acceptors (Lipinski definition) is 2. The second kappa shape index (κ2) is 3.57. The number of thiophene rings is 1. The van der Waals surface area contributed by atoms with Crippen LogP contribution in [0.1, 0.15) is 15.2 Å². The molecule has 4 heteroatoms. The molecule has 1 rings (SSSR count). The van der Waals surface area contributed by atoms with E-state index >= 15 is 0 Å². The maximum absolute atomic E-state index is 11.0. The monoisotopic (exact) mass is 208 g/mol. The summed E-state index contributed by atoms with van der Waals surface area (Å²) in [4.78, 5) is 11.6. The van der Waals surface area contributed by atoms with Crippen molar-refractivity contribution in [2.45, 2.75) is 6.92 Å². The third kappa shape index (κ3) is 1.75. The van der Waals surface area contributed by atoms with Crippen molar-refractivity contribution in [1.82, 2.24) is 0 Å². The molecule has 0 saturated carbocycles. The number of rotatable bonds is 2. The van der Waals surface area contributed by atoms with Crippen molar-refractivity contribution >= 4 is 40.3 Å². The lowest BCUT2D eigenvalue weighted by Gasteiger charge is -1.91. The molecule has 0 aliphatic carbocycles. The Morgan fingerprint density at radius 1 is 1.73 bits per heavy atom. The van der Waals surface area contributed by atoms with Gasteiger partial charge in [-0.25, -0.2) is 0 Å². The Morgan fingerprint density at radius 3 is 2.73 bits per heavy atom. The van der Waals surface area contributed by atoms with Crippen LogP contribution in [-0.4, -0.2) is 11.7 Å². The minimum atomic E-state index is -0.102. The quantitative estimate of drug-likeness (QED) is 0.540. The maximum atomic E-state index is 11.0.